The zero-order chi connectivity index (χ0) is 36.0. The van der Waals surface area contributed by atoms with Gasteiger partial charge >= 0.3 is 0 Å². The smallest absolute Gasteiger partial charge is 0.161 e. The second kappa shape index (κ2) is 15.3. The average molecular weight is 682 g/mol. The van der Waals surface area contributed by atoms with Crippen LogP contribution in [0.5, 0.6) is 0 Å². The maximum absolute atomic E-state index is 5.22. The molecular formula is C50H39N3. The topological polar surface area (TPSA) is 37.1 Å². The van der Waals surface area contributed by atoms with E-state index in [1.165, 1.54) is 38.2 Å². The first-order chi connectivity index (χ1) is 26.2. The standard InChI is InChI=1S/C50H39N3/c1-3-36-30-46(40-24-22-39(23-25-40)44-28-26-37-16-10-12-20-42(37)31-44)33-47(48(36)45-29-27-38-17-11-13-21-43(38)32-45)50(51-2)53-49(41-18-8-5-9-19-41)52-34-35-14-6-4-7-15-35/h4-33H,2-3,34H2,1H3/b52-49-,53-50-. The lowest BCUT2D eigenvalue weighted by atomic mass is 9.87. The van der Waals surface area contributed by atoms with Crippen LogP contribution in [0.3, 0.4) is 0 Å². The Balaban J connectivity index is 1.28. The Morgan fingerprint density at radius 2 is 1.00 bits per heavy atom. The van der Waals surface area contributed by atoms with Crippen molar-refractivity contribution >= 4 is 39.9 Å². The molecule has 53 heavy (non-hydrogen) atoms. The number of fused-ring (bicyclic) bond motifs is 2. The summed E-state index contributed by atoms with van der Waals surface area (Å²) in [6.07, 6.45) is 0.830. The Hall–Kier alpha value is -6.71. The van der Waals surface area contributed by atoms with Gasteiger partial charge in [-0.15, -0.1) is 0 Å². The van der Waals surface area contributed by atoms with Gasteiger partial charge in [-0.05, 0) is 97.4 Å². The van der Waals surface area contributed by atoms with E-state index < -0.39 is 0 Å². The molecule has 3 nitrogen and oxygen atoms in total. The van der Waals surface area contributed by atoms with Crippen molar-refractivity contribution in [3.63, 3.8) is 0 Å². The minimum Gasteiger partial charge on any atom is -0.261 e. The predicted octanol–water partition coefficient (Wildman–Crippen LogP) is 12.7. The van der Waals surface area contributed by atoms with Crippen molar-refractivity contribution < 1.29 is 0 Å². The van der Waals surface area contributed by atoms with Gasteiger partial charge in [-0.2, -0.15) is 0 Å². The Labute approximate surface area is 311 Å². The average Bonchev–Trinajstić information content (AvgIpc) is 3.23. The van der Waals surface area contributed by atoms with E-state index in [0.717, 1.165) is 45.4 Å². The largest absolute Gasteiger partial charge is 0.261 e. The Morgan fingerprint density at radius 3 is 1.62 bits per heavy atom. The van der Waals surface area contributed by atoms with Gasteiger partial charge in [-0.1, -0.05) is 171 Å². The molecule has 0 aliphatic carbocycles. The zero-order valence-electron chi connectivity index (χ0n) is 29.8. The summed E-state index contributed by atoms with van der Waals surface area (Å²) >= 11 is 0. The third-order valence-corrected chi connectivity index (χ3v) is 9.83. The third kappa shape index (κ3) is 7.24. The van der Waals surface area contributed by atoms with Crippen molar-refractivity contribution in [2.45, 2.75) is 19.9 Å². The lowest BCUT2D eigenvalue weighted by Crippen LogP contribution is -2.08. The molecule has 0 spiro atoms. The number of hydrogen-bond donors (Lipinski definition) is 0. The van der Waals surface area contributed by atoms with Crippen molar-refractivity contribution in [2.24, 2.45) is 15.0 Å². The highest BCUT2D eigenvalue weighted by molar-refractivity contribution is 6.16. The van der Waals surface area contributed by atoms with Crippen LogP contribution in [0.1, 0.15) is 29.2 Å². The number of nitrogens with zero attached hydrogens (tertiary/aromatic N) is 3. The minimum absolute atomic E-state index is 0.500. The summed E-state index contributed by atoms with van der Waals surface area (Å²) in [6.45, 7) is 6.79. The molecule has 0 saturated heterocycles. The van der Waals surface area contributed by atoms with Gasteiger partial charge in [0.05, 0.1) is 6.54 Å². The zero-order valence-corrected chi connectivity index (χ0v) is 29.8. The summed E-state index contributed by atoms with van der Waals surface area (Å²) in [5.41, 5.74) is 11.0. The molecule has 0 aromatic heterocycles. The lowest BCUT2D eigenvalue weighted by Gasteiger charge is -2.18. The first-order valence-corrected chi connectivity index (χ1v) is 18.1. The van der Waals surface area contributed by atoms with Gasteiger partial charge in [-0.3, -0.25) is 4.99 Å². The number of amidine groups is 2. The van der Waals surface area contributed by atoms with Gasteiger partial charge in [0.1, 0.15) is 0 Å². The number of hydrogen-bond acceptors (Lipinski definition) is 1. The molecule has 3 heteroatoms. The van der Waals surface area contributed by atoms with Crippen molar-refractivity contribution in [2.75, 3.05) is 0 Å². The number of benzene rings is 8. The molecule has 0 aliphatic rings. The highest BCUT2D eigenvalue weighted by Crippen LogP contribution is 2.37. The van der Waals surface area contributed by atoms with Crippen LogP contribution in [-0.4, -0.2) is 18.4 Å². The van der Waals surface area contributed by atoms with E-state index >= 15 is 0 Å². The molecule has 0 heterocycles. The van der Waals surface area contributed by atoms with Gasteiger partial charge in [0.15, 0.2) is 11.7 Å². The first kappa shape index (κ1) is 33.4. The van der Waals surface area contributed by atoms with Crippen molar-refractivity contribution in [1.29, 1.82) is 0 Å². The Bertz CT molecular complexity index is 2620. The van der Waals surface area contributed by atoms with E-state index in [2.05, 4.69) is 152 Å². The second-order valence-corrected chi connectivity index (χ2v) is 13.2. The quantitative estimate of drug-likeness (QED) is 0.113. The summed E-state index contributed by atoms with van der Waals surface area (Å²) in [7, 11) is 0. The van der Waals surface area contributed by atoms with Crippen molar-refractivity contribution in [3.8, 4) is 33.4 Å². The normalized spacial score (nSPS) is 11.9. The van der Waals surface area contributed by atoms with Crippen LogP contribution in [-0.2, 0) is 13.0 Å². The van der Waals surface area contributed by atoms with Crippen LogP contribution < -0.4 is 0 Å². The highest BCUT2D eigenvalue weighted by Gasteiger charge is 2.19. The van der Waals surface area contributed by atoms with Gasteiger partial charge in [0.25, 0.3) is 0 Å². The SMILES string of the molecule is C=N/C(=N\C(=N/Cc1ccccc1)c1ccccc1)c1cc(-c2ccc(-c3ccc4ccccc4c3)cc2)cc(CC)c1-c1ccc2ccccc2c1. The Morgan fingerprint density at radius 1 is 0.472 bits per heavy atom. The molecule has 0 amide bonds. The molecule has 0 bridgehead atoms. The molecule has 8 rings (SSSR count). The summed E-state index contributed by atoms with van der Waals surface area (Å²) < 4.78 is 0. The van der Waals surface area contributed by atoms with Crippen molar-refractivity contribution in [3.05, 3.63) is 204 Å². The molecule has 0 fully saturated rings. The molecule has 8 aromatic carbocycles. The fourth-order valence-electron chi connectivity index (χ4n) is 7.04. The predicted molar refractivity (Wildman–Crippen MR) is 226 cm³/mol. The van der Waals surface area contributed by atoms with Gasteiger partial charge in [0, 0.05) is 11.1 Å². The van der Waals surface area contributed by atoms with Crippen LogP contribution in [0.15, 0.2) is 197 Å². The van der Waals surface area contributed by atoms with E-state index in [1.54, 1.807) is 0 Å². The van der Waals surface area contributed by atoms with Gasteiger partial charge < -0.3 is 0 Å². The molecule has 0 N–H and O–H groups in total. The fourth-order valence-corrected chi connectivity index (χ4v) is 7.04. The van der Waals surface area contributed by atoms with Crippen LogP contribution in [0, 0.1) is 0 Å². The molecule has 8 aromatic rings. The molecule has 254 valence electrons. The van der Waals surface area contributed by atoms with E-state index in [0.29, 0.717) is 18.2 Å². The number of aryl methyl sites for hydroxylation is 1. The monoisotopic (exact) mass is 681 g/mol. The Kier molecular flexibility index (Phi) is 9.63. The van der Waals surface area contributed by atoms with E-state index in [-0.39, 0.29) is 0 Å². The highest BCUT2D eigenvalue weighted by atomic mass is 15.0. The maximum atomic E-state index is 5.22. The van der Waals surface area contributed by atoms with Crippen LogP contribution in [0.4, 0.5) is 0 Å². The fraction of sp³-hybridized carbons (Fsp3) is 0.0600. The van der Waals surface area contributed by atoms with Crippen LogP contribution in [0.25, 0.3) is 54.9 Å². The summed E-state index contributed by atoms with van der Waals surface area (Å²) in [5.74, 6) is 1.15. The summed E-state index contributed by atoms with van der Waals surface area (Å²) in [4.78, 5) is 14.9. The van der Waals surface area contributed by atoms with E-state index in [4.69, 9.17) is 9.98 Å². The molecule has 0 unspecified atom stereocenters. The number of rotatable bonds is 8. The summed E-state index contributed by atoms with van der Waals surface area (Å²) in [5, 5.41) is 4.87. The minimum atomic E-state index is 0.500. The number of aliphatic imine (C=N–C) groups is 3. The second-order valence-electron chi connectivity index (χ2n) is 13.2. The lowest BCUT2D eigenvalue weighted by molar-refractivity contribution is 1.06. The van der Waals surface area contributed by atoms with Crippen LogP contribution in [0.2, 0.25) is 0 Å². The molecule has 0 saturated carbocycles. The maximum Gasteiger partial charge on any atom is 0.161 e. The van der Waals surface area contributed by atoms with Crippen LogP contribution >= 0.6 is 0 Å². The van der Waals surface area contributed by atoms with Crippen molar-refractivity contribution in [1.82, 2.24) is 0 Å². The summed E-state index contributed by atoms with van der Waals surface area (Å²) in [6, 6.07) is 64.1. The third-order valence-electron chi connectivity index (χ3n) is 9.83. The van der Waals surface area contributed by atoms with E-state index in [1.807, 2.05) is 48.5 Å². The molecule has 0 aliphatic heterocycles. The molecule has 0 atom stereocenters. The van der Waals surface area contributed by atoms with E-state index in [9.17, 15) is 0 Å². The molecule has 0 radical (unpaired) electrons. The first-order valence-electron chi connectivity index (χ1n) is 18.1. The van der Waals surface area contributed by atoms with Gasteiger partial charge in [-0.25, -0.2) is 9.98 Å². The molecular weight excluding hydrogens is 643 g/mol. The van der Waals surface area contributed by atoms with Gasteiger partial charge in [0.2, 0.25) is 0 Å².